The van der Waals surface area contributed by atoms with Gasteiger partial charge >= 0.3 is 0 Å². The molecule has 0 fully saturated rings. The Labute approximate surface area is 145 Å². The van der Waals surface area contributed by atoms with Crippen molar-refractivity contribution >= 4 is 57.6 Å². The minimum atomic E-state index is -0.278. The molecule has 0 saturated carbocycles. The summed E-state index contributed by atoms with van der Waals surface area (Å²) in [6, 6.07) is 10.3. The smallest absolute Gasteiger partial charge is 0.262 e. The number of hydrogen-bond donors (Lipinski definition) is 0. The third-order valence-electron chi connectivity index (χ3n) is 3.27. The molecular weight excluding hydrogens is 424 g/mol. The number of imide groups is 1. The monoisotopic (exact) mass is 431 g/mol. The zero-order valence-corrected chi connectivity index (χ0v) is 14.2. The van der Waals surface area contributed by atoms with Crippen LogP contribution in [0.25, 0.3) is 0 Å². The predicted octanol–water partition coefficient (Wildman–Crippen LogP) is 4.39. The Morgan fingerprint density at radius 3 is 2.43 bits per heavy atom. The van der Waals surface area contributed by atoms with Crippen molar-refractivity contribution in [2.45, 2.75) is 6.54 Å². The van der Waals surface area contributed by atoms with Crippen molar-refractivity contribution in [1.82, 2.24) is 4.90 Å². The quantitative estimate of drug-likeness (QED) is 0.522. The zero-order chi connectivity index (χ0) is 15.1. The minimum Gasteiger partial charge on any atom is -0.270 e. The van der Waals surface area contributed by atoms with Crippen LogP contribution in [0.4, 0.5) is 0 Å². The van der Waals surface area contributed by atoms with Gasteiger partial charge < -0.3 is 0 Å². The molecular formula is C15H8Cl2INO2. The molecule has 2 aromatic carbocycles. The first-order valence-corrected chi connectivity index (χ1v) is 7.91. The summed E-state index contributed by atoms with van der Waals surface area (Å²) in [5.74, 6) is -0.550. The number of halogens is 3. The van der Waals surface area contributed by atoms with Crippen LogP contribution in [0.15, 0.2) is 36.4 Å². The lowest BCUT2D eigenvalue weighted by molar-refractivity contribution is 0.0642. The van der Waals surface area contributed by atoms with E-state index in [-0.39, 0.29) is 18.4 Å². The van der Waals surface area contributed by atoms with Crippen molar-refractivity contribution in [2.24, 2.45) is 0 Å². The second-order valence-corrected chi connectivity index (χ2v) is 6.58. The predicted molar refractivity (Wildman–Crippen MR) is 89.8 cm³/mol. The van der Waals surface area contributed by atoms with Crippen molar-refractivity contribution < 1.29 is 9.59 Å². The van der Waals surface area contributed by atoms with E-state index in [2.05, 4.69) is 22.6 Å². The summed E-state index contributed by atoms with van der Waals surface area (Å²) in [6.45, 7) is 0.180. The molecule has 2 aromatic rings. The van der Waals surface area contributed by atoms with E-state index >= 15 is 0 Å². The lowest BCUT2D eigenvalue weighted by Gasteiger charge is -2.14. The normalized spacial score (nSPS) is 13.8. The number of hydrogen-bond acceptors (Lipinski definition) is 2. The number of benzene rings is 2. The maximum Gasteiger partial charge on any atom is 0.262 e. The molecule has 0 aliphatic carbocycles. The lowest BCUT2D eigenvalue weighted by Crippen LogP contribution is -2.29. The average Bonchev–Trinajstić information content (AvgIpc) is 2.69. The van der Waals surface area contributed by atoms with Crippen molar-refractivity contribution in [1.29, 1.82) is 0 Å². The highest BCUT2D eigenvalue weighted by Crippen LogP contribution is 2.29. The second-order valence-electron chi connectivity index (χ2n) is 4.61. The van der Waals surface area contributed by atoms with Crippen LogP contribution in [0.2, 0.25) is 10.0 Å². The maximum absolute atomic E-state index is 12.4. The van der Waals surface area contributed by atoms with Gasteiger partial charge in [-0.25, -0.2) is 0 Å². The second kappa shape index (κ2) is 5.59. The van der Waals surface area contributed by atoms with Gasteiger partial charge in [0.25, 0.3) is 11.8 Å². The molecule has 0 radical (unpaired) electrons. The standard InChI is InChI=1S/C15H8Cl2INO2/c16-10-5-4-8(6-11(10)17)7-19-14(20)9-2-1-3-12(18)13(9)15(19)21/h1-6H,7H2. The first kappa shape index (κ1) is 14.8. The van der Waals surface area contributed by atoms with Crippen molar-refractivity contribution in [2.75, 3.05) is 0 Å². The topological polar surface area (TPSA) is 37.4 Å². The molecule has 6 heteroatoms. The summed E-state index contributed by atoms with van der Waals surface area (Å²) in [5.41, 5.74) is 1.68. The summed E-state index contributed by atoms with van der Waals surface area (Å²) in [4.78, 5) is 26.0. The van der Waals surface area contributed by atoms with Crippen LogP contribution in [0.3, 0.4) is 0 Å². The third kappa shape index (κ3) is 2.56. The largest absolute Gasteiger partial charge is 0.270 e. The van der Waals surface area contributed by atoms with E-state index in [0.717, 1.165) is 9.13 Å². The van der Waals surface area contributed by atoms with Gasteiger partial charge in [0.1, 0.15) is 0 Å². The van der Waals surface area contributed by atoms with Gasteiger partial charge in [0, 0.05) is 3.57 Å². The van der Waals surface area contributed by atoms with Crippen LogP contribution in [0, 0.1) is 3.57 Å². The Kier molecular flexibility index (Phi) is 3.94. The number of rotatable bonds is 2. The fourth-order valence-electron chi connectivity index (χ4n) is 2.26. The number of fused-ring (bicyclic) bond motifs is 1. The van der Waals surface area contributed by atoms with Crippen LogP contribution in [0.1, 0.15) is 26.3 Å². The van der Waals surface area contributed by atoms with E-state index in [0.29, 0.717) is 21.2 Å². The Morgan fingerprint density at radius 1 is 1.00 bits per heavy atom. The third-order valence-corrected chi connectivity index (χ3v) is 4.91. The highest BCUT2D eigenvalue weighted by Gasteiger charge is 2.36. The van der Waals surface area contributed by atoms with E-state index < -0.39 is 0 Å². The van der Waals surface area contributed by atoms with E-state index in [4.69, 9.17) is 23.2 Å². The zero-order valence-electron chi connectivity index (χ0n) is 10.6. The maximum atomic E-state index is 12.4. The Hall–Kier alpha value is -1.11. The number of amides is 2. The first-order valence-electron chi connectivity index (χ1n) is 6.07. The van der Waals surface area contributed by atoms with Gasteiger partial charge in [0.05, 0.1) is 27.7 Å². The molecule has 1 heterocycles. The molecule has 0 spiro atoms. The molecule has 21 heavy (non-hydrogen) atoms. The first-order chi connectivity index (χ1) is 9.99. The van der Waals surface area contributed by atoms with Crippen LogP contribution < -0.4 is 0 Å². The molecule has 3 nitrogen and oxygen atoms in total. The van der Waals surface area contributed by atoms with Crippen LogP contribution in [-0.4, -0.2) is 16.7 Å². The van der Waals surface area contributed by atoms with E-state index in [1.54, 1.807) is 30.3 Å². The van der Waals surface area contributed by atoms with Crippen molar-refractivity contribution in [3.8, 4) is 0 Å². The Bertz CT molecular complexity index is 776. The van der Waals surface area contributed by atoms with Gasteiger partial charge in [-0.3, -0.25) is 14.5 Å². The number of carbonyl (C=O) groups is 2. The fraction of sp³-hybridized carbons (Fsp3) is 0.0667. The Morgan fingerprint density at radius 2 is 1.76 bits per heavy atom. The molecule has 106 valence electrons. The molecule has 0 aromatic heterocycles. The fourth-order valence-corrected chi connectivity index (χ4v) is 3.31. The van der Waals surface area contributed by atoms with Gasteiger partial charge in [-0.05, 0) is 52.4 Å². The van der Waals surface area contributed by atoms with Gasteiger partial charge in [0.15, 0.2) is 0 Å². The molecule has 0 atom stereocenters. The minimum absolute atomic E-state index is 0.180. The highest BCUT2D eigenvalue weighted by molar-refractivity contribution is 14.1. The van der Waals surface area contributed by atoms with Gasteiger partial charge in [-0.1, -0.05) is 35.3 Å². The molecule has 1 aliphatic heterocycles. The summed E-state index contributed by atoms with van der Waals surface area (Å²) < 4.78 is 0.778. The summed E-state index contributed by atoms with van der Waals surface area (Å²) in [6.07, 6.45) is 0. The Balaban J connectivity index is 1.95. The van der Waals surface area contributed by atoms with Crippen LogP contribution >= 0.6 is 45.8 Å². The summed E-state index contributed by atoms with van der Waals surface area (Å²) in [7, 11) is 0. The van der Waals surface area contributed by atoms with Gasteiger partial charge in [0.2, 0.25) is 0 Å². The van der Waals surface area contributed by atoms with Crippen molar-refractivity contribution in [3.63, 3.8) is 0 Å². The molecule has 1 aliphatic rings. The van der Waals surface area contributed by atoms with E-state index in [1.807, 2.05) is 6.07 Å². The molecule has 2 amide bonds. The lowest BCUT2D eigenvalue weighted by atomic mass is 10.1. The summed E-state index contributed by atoms with van der Waals surface area (Å²) >= 11 is 13.9. The molecule has 0 N–H and O–H groups in total. The van der Waals surface area contributed by atoms with Crippen LogP contribution in [0.5, 0.6) is 0 Å². The molecule has 0 saturated heterocycles. The van der Waals surface area contributed by atoms with Gasteiger partial charge in [-0.15, -0.1) is 0 Å². The highest BCUT2D eigenvalue weighted by atomic mass is 127. The van der Waals surface area contributed by atoms with Crippen molar-refractivity contribution in [3.05, 3.63) is 66.7 Å². The average molecular weight is 432 g/mol. The van der Waals surface area contributed by atoms with E-state index in [9.17, 15) is 9.59 Å². The SMILES string of the molecule is O=C1c2cccc(I)c2C(=O)N1Cc1ccc(Cl)c(Cl)c1. The molecule has 0 bridgehead atoms. The molecule has 3 rings (SSSR count). The molecule has 0 unspecified atom stereocenters. The number of carbonyl (C=O) groups excluding carboxylic acids is 2. The van der Waals surface area contributed by atoms with Gasteiger partial charge in [-0.2, -0.15) is 0 Å². The number of nitrogens with zero attached hydrogens (tertiary/aromatic N) is 1. The summed E-state index contributed by atoms with van der Waals surface area (Å²) in [5, 5.41) is 0.845. The van der Waals surface area contributed by atoms with Crippen LogP contribution in [-0.2, 0) is 6.54 Å². The van der Waals surface area contributed by atoms with E-state index in [1.165, 1.54) is 4.90 Å².